The van der Waals surface area contributed by atoms with Crippen LogP contribution in [0.4, 0.5) is 10.1 Å². The number of hydrogen-bond acceptors (Lipinski definition) is 4. The van der Waals surface area contributed by atoms with E-state index in [0.29, 0.717) is 31.9 Å². The Morgan fingerprint density at radius 1 is 1.16 bits per heavy atom. The second-order valence-corrected chi connectivity index (χ2v) is 6.65. The van der Waals surface area contributed by atoms with E-state index < -0.39 is 6.04 Å². The summed E-state index contributed by atoms with van der Waals surface area (Å²) in [4.78, 5) is 41.4. The van der Waals surface area contributed by atoms with Gasteiger partial charge in [-0.2, -0.15) is 0 Å². The molecular formula is C18H22FN3O3. The van der Waals surface area contributed by atoms with Crippen LogP contribution >= 0.6 is 0 Å². The number of nitrogens with zero attached hydrogens (tertiary/aromatic N) is 3. The highest BCUT2D eigenvalue weighted by atomic mass is 19.1. The van der Waals surface area contributed by atoms with Crippen molar-refractivity contribution in [1.29, 1.82) is 0 Å². The van der Waals surface area contributed by atoms with Gasteiger partial charge in [-0.1, -0.05) is 19.1 Å². The summed E-state index contributed by atoms with van der Waals surface area (Å²) in [6.45, 7) is 5.19. The molecule has 2 atom stereocenters. The summed E-state index contributed by atoms with van der Waals surface area (Å²) in [5, 5.41) is 0. The van der Waals surface area contributed by atoms with Gasteiger partial charge in [-0.25, -0.2) is 4.39 Å². The van der Waals surface area contributed by atoms with Gasteiger partial charge in [0.2, 0.25) is 17.7 Å². The number of rotatable bonds is 3. The van der Waals surface area contributed by atoms with E-state index in [2.05, 4.69) is 0 Å². The lowest BCUT2D eigenvalue weighted by Gasteiger charge is -2.38. The molecule has 0 aliphatic carbocycles. The van der Waals surface area contributed by atoms with E-state index in [1.807, 2.05) is 4.90 Å². The number of hydrogen-bond donors (Lipinski definition) is 0. The Bertz CT molecular complexity index is 701. The number of anilines is 1. The molecule has 134 valence electrons. The second-order valence-electron chi connectivity index (χ2n) is 6.65. The smallest absolute Gasteiger partial charge is 0.245 e. The zero-order valence-electron chi connectivity index (χ0n) is 14.4. The molecule has 0 N–H and O–H groups in total. The molecule has 3 amide bonds. The average Bonchev–Trinajstić information content (AvgIpc) is 2.86. The average molecular weight is 347 g/mol. The standard InChI is InChI=1S/C18H22FN3O3/c1-12-11-16(23)22(17(12)24)13(2)18(25)21-9-7-20(8-10-21)15-6-4-3-5-14(15)19/h3-6,12-13H,7-11H2,1-2H3. The predicted octanol–water partition coefficient (Wildman–Crippen LogP) is 1.26. The van der Waals surface area contributed by atoms with Crippen molar-refractivity contribution < 1.29 is 18.8 Å². The van der Waals surface area contributed by atoms with Crippen LogP contribution in [0.2, 0.25) is 0 Å². The first-order chi connectivity index (χ1) is 11.9. The lowest BCUT2D eigenvalue weighted by atomic mass is 10.1. The van der Waals surface area contributed by atoms with Crippen LogP contribution in [0.3, 0.4) is 0 Å². The maximum atomic E-state index is 13.9. The molecule has 1 aromatic carbocycles. The molecule has 0 aromatic heterocycles. The van der Waals surface area contributed by atoms with Crippen molar-refractivity contribution in [2.45, 2.75) is 26.3 Å². The zero-order chi connectivity index (χ0) is 18.1. The number of halogens is 1. The summed E-state index contributed by atoms with van der Waals surface area (Å²) < 4.78 is 13.9. The third-order valence-electron chi connectivity index (χ3n) is 4.94. The second kappa shape index (κ2) is 6.82. The molecular weight excluding hydrogens is 325 g/mol. The van der Waals surface area contributed by atoms with Crippen LogP contribution in [0.5, 0.6) is 0 Å². The van der Waals surface area contributed by atoms with Crippen LogP contribution in [0.1, 0.15) is 20.3 Å². The van der Waals surface area contributed by atoms with Crippen molar-refractivity contribution in [3.8, 4) is 0 Å². The first-order valence-corrected chi connectivity index (χ1v) is 8.54. The van der Waals surface area contributed by atoms with Crippen LogP contribution in [0.15, 0.2) is 24.3 Å². The van der Waals surface area contributed by atoms with Gasteiger partial charge in [0.05, 0.1) is 5.69 Å². The lowest BCUT2D eigenvalue weighted by molar-refractivity contribution is -0.150. The fraction of sp³-hybridized carbons (Fsp3) is 0.500. The van der Waals surface area contributed by atoms with Crippen LogP contribution in [0, 0.1) is 11.7 Å². The molecule has 3 rings (SSSR count). The van der Waals surface area contributed by atoms with Gasteiger partial charge in [-0.15, -0.1) is 0 Å². The van der Waals surface area contributed by atoms with Gasteiger partial charge < -0.3 is 9.80 Å². The first kappa shape index (κ1) is 17.4. The van der Waals surface area contributed by atoms with Gasteiger partial charge in [-0.05, 0) is 19.1 Å². The first-order valence-electron chi connectivity index (χ1n) is 8.54. The Kier molecular flexibility index (Phi) is 4.74. The quantitative estimate of drug-likeness (QED) is 0.773. The number of para-hydroxylation sites is 1. The third-order valence-corrected chi connectivity index (χ3v) is 4.94. The molecule has 0 saturated carbocycles. The highest BCUT2D eigenvalue weighted by Crippen LogP contribution is 2.24. The van der Waals surface area contributed by atoms with Crippen LogP contribution in [-0.2, 0) is 14.4 Å². The van der Waals surface area contributed by atoms with Gasteiger partial charge in [0, 0.05) is 38.5 Å². The number of benzene rings is 1. The van der Waals surface area contributed by atoms with Crippen molar-refractivity contribution >= 4 is 23.4 Å². The molecule has 2 unspecified atom stereocenters. The van der Waals surface area contributed by atoms with Gasteiger partial charge in [0.15, 0.2) is 0 Å². The molecule has 0 bridgehead atoms. The summed E-state index contributed by atoms with van der Waals surface area (Å²) >= 11 is 0. The zero-order valence-corrected chi connectivity index (χ0v) is 14.4. The summed E-state index contributed by atoms with van der Waals surface area (Å²) in [7, 11) is 0. The van der Waals surface area contributed by atoms with E-state index in [0.717, 1.165) is 4.90 Å². The number of piperazine rings is 1. The van der Waals surface area contributed by atoms with Crippen molar-refractivity contribution in [1.82, 2.24) is 9.80 Å². The minimum absolute atomic E-state index is 0.164. The topological polar surface area (TPSA) is 60.9 Å². The number of likely N-dealkylation sites (tertiary alicyclic amines) is 1. The van der Waals surface area contributed by atoms with Crippen molar-refractivity contribution in [2.75, 3.05) is 31.1 Å². The van der Waals surface area contributed by atoms with Crippen molar-refractivity contribution in [3.63, 3.8) is 0 Å². The number of carbonyl (C=O) groups is 3. The molecule has 2 fully saturated rings. The normalized spacial score (nSPS) is 22.5. The van der Waals surface area contributed by atoms with E-state index in [1.54, 1.807) is 36.9 Å². The molecule has 25 heavy (non-hydrogen) atoms. The molecule has 7 heteroatoms. The largest absolute Gasteiger partial charge is 0.366 e. The Balaban J connectivity index is 1.63. The number of carbonyl (C=O) groups excluding carboxylic acids is 3. The maximum absolute atomic E-state index is 13.9. The fourth-order valence-electron chi connectivity index (χ4n) is 3.47. The molecule has 2 saturated heterocycles. The number of imide groups is 1. The van der Waals surface area contributed by atoms with Crippen LogP contribution < -0.4 is 4.90 Å². The predicted molar refractivity (Wildman–Crippen MR) is 90.3 cm³/mol. The Labute approximate surface area is 146 Å². The third kappa shape index (κ3) is 3.23. The van der Waals surface area contributed by atoms with Gasteiger partial charge in [0.25, 0.3) is 0 Å². The molecule has 2 heterocycles. The molecule has 2 aliphatic rings. The fourth-order valence-corrected chi connectivity index (χ4v) is 3.47. The van der Waals surface area contributed by atoms with Crippen molar-refractivity contribution in [3.05, 3.63) is 30.1 Å². The highest BCUT2D eigenvalue weighted by molar-refractivity contribution is 6.06. The summed E-state index contributed by atoms with van der Waals surface area (Å²) in [6, 6.07) is 5.78. The van der Waals surface area contributed by atoms with Crippen LogP contribution in [-0.4, -0.2) is 59.7 Å². The maximum Gasteiger partial charge on any atom is 0.245 e. The van der Waals surface area contributed by atoms with E-state index in [-0.39, 0.29) is 35.9 Å². The molecule has 0 spiro atoms. The SMILES string of the molecule is CC1CC(=O)N(C(C)C(=O)N2CCN(c3ccccc3F)CC2)C1=O. The minimum Gasteiger partial charge on any atom is -0.366 e. The lowest BCUT2D eigenvalue weighted by Crippen LogP contribution is -2.55. The molecule has 2 aliphatic heterocycles. The van der Waals surface area contributed by atoms with Gasteiger partial charge in [0.1, 0.15) is 11.9 Å². The van der Waals surface area contributed by atoms with Gasteiger partial charge in [-0.3, -0.25) is 19.3 Å². The van der Waals surface area contributed by atoms with Crippen LogP contribution in [0.25, 0.3) is 0 Å². The Hall–Kier alpha value is -2.44. The highest BCUT2D eigenvalue weighted by Gasteiger charge is 2.42. The van der Waals surface area contributed by atoms with Gasteiger partial charge >= 0.3 is 0 Å². The van der Waals surface area contributed by atoms with E-state index in [9.17, 15) is 18.8 Å². The summed E-state index contributed by atoms with van der Waals surface area (Å²) in [5.74, 6) is -1.44. The summed E-state index contributed by atoms with van der Waals surface area (Å²) in [5.41, 5.74) is 0.529. The van der Waals surface area contributed by atoms with E-state index in [1.165, 1.54) is 6.07 Å². The molecule has 0 radical (unpaired) electrons. The Morgan fingerprint density at radius 2 is 1.80 bits per heavy atom. The molecule has 6 nitrogen and oxygen atoms in total. The number of amides is 3. The van der Waals surface area contributed by atoms with E-state index >= 15 is 0 Å². The van der Waals surface area contributed by atoms with Crippen molar-refractivity contribution in [2.24, 2.45) is 5.92 Å². The monoisotopic (exact) mass is 347 g/mol. The minimum atomic E-state index is -0.787. The molecule has 1 aromatic rings. The Morgan fingerprint density at radius 3 is 2.36 bits per heavy atom. The van der Waals surface area contributed by atoms with E-state index in [4.69, 9.17) is 0 Å². The summed E-state index contributed by atoms with van der Waals surface area (Å²) in [6.07, 6.45) is 0.164.